The van der Waals surface area contributed by atoms with Crippen molar-refractivity contribution in [2.45, 2.75) is 53.1 Å². The number of hydrogen-bond acceptors (Lipinski definition) is 4. The van der Waals surface area contributed by atoms with Gasteiger partial charge in [-0.05, 0) is 60.0 Å². The molecule has 1 saturated heterocycles. The van der Waals surface area contributed by atoms with Gasteiger partial charge < -0.3 is 15.2 Å². The fourth-order valence-electron chi connectivity index (χ4n) is 3.19. The molecule has 0 spiro atoms. The van der Waals surface area contributed by atoms with Crippen LogP contribution in [0.1, 0.15) is 50.3 Å². The number of aryl methyl sites for hydroxylation is 2. The monoisotopic (exact) mass is 292 g/mol. The van der Waals surface area contributed by atoms with Crippen LogP contribution in [-0.4, -0.2) is 40.5 Å². The third-order valence-electron chi connectivity index (χ3n) is 4.46. The maximum atomic E-state index is 12.1. The number of nitrogens with zero attached hydrogens (tertiary/aromatic N) is 2. The van der Waals surface area contributed by atoms with Gasteiger partial charge in [0.05, 0.1) is 5.56 Å². The highest BCUT2D eigenvalue weighted by atomic mass is 16.1. The number of nitrogens with one attached hydrogen (secondary N) is 2. The zero-order valence-electron chi connectivity index (χ0n) is 13.9. The van der Waals surface area contributed by atoms with Gasteiger partial charge in [0.15, 0.2) is 0 Å². The maximum Gasteiger partial charge on any atom is 0.255 e. The van der Waals surface area contributed by atoms with Gasteiger partial charge in [0, 0.05) is 24.3 Å². The molecule has 1 aliphatic rings. The van der Waals surface area contributed by atoms with E-state index >= 15 is 0 Å². The van der Waals surface area contributed by atoms with Crippen LogP contribution >= 0.6 is 0 Å². The van der Waals surface area contributed by atoms with E-state index in [1.807, 2.05) is 20.8 Å². The molecule has 0 bridgehead atoms. The first-order valence-corrected chi connectivity index (χ1v) is 7.93. The van der Waals surface area contributed by atoms with Crippen LogP contribution < -0.4 is 10.9 Å². The normalized spacial score (nSPS) is 21.1. The van der Waals surface area contributed by atoms with Crippen LogP contribution in [0.5, 0.6) is 0 Å². The molecule has 0 radical (unpaired) electrons. The Labute approximate surface area is 127 Å². The van der Waals surface area contributed by atoms with Crippen LogP contribution in [0.2, 0.25) is 0 Å². The Morgan fingerprint density at radius 2 is 2.10 bits per heavy atom. The predicted octanol–water partition coefficient (Wildman–Crippen LogP) is 1.77. The third-order valence-corrected chi connectivity index (χ3v) is 4.46. The van der Waals surface area contributed by atoms with Crippen LogP contribution in [0, 0.1) is 19.8 Å². The van der Waals surface area contributed by atoms with Crippen molar-refractivity contribution < 1.29 is 0 Å². The third kappa shape index (κ3) is 3.92. The molecule has 21 heavy (non-hydrogen) atoms. The van der Waals surface area contributed by atoms with Gasteiger partial charge in [0.2, 0.25) is 0 Å². The maximum absolute atomic E-state index is 12.1. The number of aromatic nitrogens is 2. The summed E-state index contributed by atoms with van der Waals surface area (Å²) in [6.07, 6.45) is 1.24. The molecular formula is C16H28N4O. The average Bonchev–Trinajstić information content (AvgIpc) is 2.84. The van der Waals surface area contributed by atoms with E-state index in [1.165, 1.54) is 13.0 Å². The minimum Gasteiger partial charge on any atom is -0.310 e. The lowest BCUT2D eigenvalue weighted by Crippen LogP contribution is -2.33. The second-order valence-corrected chi connectivity index (χ2v) is 6.52. The van der Waals surface area contributed by atoms with Gasteiger partial charge >= 0.3 is 0 Å². The largest absolute Gasteiger partial charge is 0.310 e. The molecule has 2 rings (SSSR count). The standard InChI is InChI=1S/C16H28N4O/c1-10(2)20-7-6-14(9-20)8-17-11(3)15-12(4)18-13(5)19-16(15)21/h10-11,14,17H,6-9H2,1-5H3,(H,18,19,21). The fraction of sp³-hybridized carbons (Fsp3) is 0.750. The van der Waals surface area contributed by atoms with Gasteiger partial charge in [0.1, 0.15) is 5.82 Å². The molecule has 2 atom stereocenters. The second kappa shape index (κ2) is 6.71. The first-order valence-electron chi connectivity index (χ1n) is 7.93. The molecule has 0 amide bonds. The van der Waals surface area contributed by atoms with Gasteiger partial charge in [0.25, 0.3) is 5.56 Å². The van der Waals surface area contributed by atoms with Gasteiger partial charge in [-0.2, -0.15) is 0 Å². The molecule has 1 aromatic heterocycles. The van der Waals surface area contributed by atoms with Crippen molar-refractivity contribution in [2.24, 2.45) is 5.92 Å². The first-order chi connectivity index (χ1) is 9.88. The van der Waals surface area contributed by atoms with Crippen LogP contribution in [0.25, 0.3) is 0 Å². The van der Waals surface area contributed by atoms with Crippen molar-refractivity contribution >= 4 is 0 Å². The van der Waals surface area contributed by atoms with Crippen molar-refractivity contribution in [3.63, 3.8) is 0 Å². The molecule has 0 aromatic carbocycles. The molecule has 5 heteroatoms. The number of H-pyrrole nitrogens is 1. The molecule has 0 aliphatic carbocycles. The molecule has 2 heterocycles. The Morgan fingerprint density at radius 3 is 2.67 bits per heavy atom. The minimum atomic E-state index is -0.0183. The number of hydrogen-bond donors (Lipinski definition) is 2. The summed E-state index contributed by atoms with van der Waals surface area (Å²) in [6.45, 7) is 13.6. The van der Waals surface area contributed by atoms with Crippen LogP contribution in [0.3, 0.4) is 0 Å². The summed E-state index contributed by atoms with van der Waals surface area (Å²) in [5.41, 5.74) is 1.57. The molecule has 2 N–H and O–H groups in total. The molecule has 0 saturated carbocycles. The van der Waals surface area contributed by atoms with Crippen molar-refractivity contribution in [3.8, 4) is 0 Å². The van der Waals surface area contributed by atoms with Crippen LogP contribution in [-0.2, 0) is 0 Å². The van der Waals surface area contributed by atoms with Crippen LogP contribution in [0.4, 0.5) is 0 Å². The lowest BCUT2D eigenvalue weighted by atomic mass is 10.1. The Balaban J connectivity index is 1.94. The zero-order valence-corrected chi connectivity index (χ0v) is 13.9. The molecule has 1 fully saturated rings. The minimum absolute atomic E-state index is 0.0183. The zero-order chi connectivity index (χ0) is 15.6. The molecule has 118 valence electrons. The molecular weight excluding hydrogens is 264 g/mol. The Bertz CT molecular complexity index is 538. The van der Waals surface area contributed by atoms with E-state index in [-0.39, 0.29) is 11.6 Å². The number of aromatic amines is 1. The van der Waals surface area contributed by atoms with Crippen LogP contribution in [0.15, 0.2) is 4.79 Å². The summed E-state index contributed by atoms with van der Waals surface area (Å²) >= 11 is 0. The van der Waals surface area contributed by atoms with E-state index in [2.05, 4.69) is 34.0 Å². The smallest absolute Gasteiger partial charge is 0.255 e. The summed E-state index contributed by atoms with van der Waals surface area (Å²) in [4.78, 5) is 21.8. The van der Waals surface area contributed by atoms with Gasteiger partial charge in [-0.3, -0.25) is 4.79 Å². The average molecular weight is 292 g/mol. The van der Waals surface area contributed by atoms with Gasteiger partial charge in [-0.1, -0.05) is 0 Å². The van der Waals surface area contributed by atoms with Crippen molar-refractivity contribution in [1.29, 1.82) is 0 Å². The summed E-state index contributed by atoms with van der Waals surface area (Å²) in [6, 6.07) is 0.661. The van der Waals surface area contributed by atoms with Gasteiger partial charge in [-0.15, -0.1) is 0 Å². The lowest BCUT2D eigenvalue weighted by molar-refractivity contribution is 0.263. The topological polar surface area (TPSA) is 61.0 Å². The Kier molecular flexibility index (Phi) is 5.17. The quantitative estimate of drug-likeness (QED) is 0.868. The second-order valence-electron chi connectivity index (χ2n) is 6.52. The van der Waals surface area contributed by atoms with Crippen molar-refractivity contribution in [2.75, 3.05) is 19.6 Å². The first kappa shape index (κ1) is 16.2. The van der Waals surface area contributed by atoms with E-state index in [4.69, 9.17) is 0 Å². The number of rotatable bonds is 5. The van der Waals surface area contributed by atoms with Gasteiger partial charge in [-0.25, -0.2) is 4.98 Å². The number of likely N-dealkylation sites (tertiary alicyclic amines) is 1. The highest BCUT2D eigenvalue weighted by Crippen LogP contribution is 2.19. The summed E-state index contributed by atoms with van der Waals surface area (Å²) in [5.74, 6) is 1.35. The van der Waals surface area contributed by atoms with E-state index in [0.717, 1.165) is 24.3 Å². The van der Waals surface area contributed by atoms with Crippen molar-refractivity contribution in [3.05, 3.63) is 27.4 Å². The highest BCUT2D eigenvalue weighted by Gasteiger charge is 2.24. The van der Waals surface area contributed by atoms with E-state index in [9.17, 15) is 4.79 Å². The summed E-state index contributed by atoms with van der Waals surface area (Å²) in [5, 5.41) is 3.51. The van der Waals surface area contributed by atoms with E-state index < -0.39 is 0 Å². The van der Waals surface area contributed by atoms with Crippen molar-refractivity contribution in [1.82, 2.24) is 20.2 Å². The predicted molar refractivity (Wildman–Crippen MR) is 85.6 cm³/mol. The summed E-state index contributed by atoms with van der Waals surface area (Å²) in [7, 11) is 0. The summed E-state index contributed by atoms with van der Waals surface area (Å²) < 4.78 is 0. The van der Waals surface area contributed by atoms with E-state index in [0.29, 0.717) is 17.8 Å². The molecule has 1 aromatic rings. The lowest BCUT2D eigenvalue weighted by Gasteiger charge is -2.21. The molecule has 1 aliphatic heterocycles. The SMILES string of the molecule is Cc1nc(C)c(C(C)NCC2CCN(C(C)C)C2)c(=O)[nH]1. The van der Waals surface area contributed by atoms with E-state index in [1.54, 1.807) is 0 Å². The highest BCUT2D eigenvalue weighted by molar-refractivity contribution is 5.20. The Morgan fingerprint density at radius 1 is 1.38 bits per heavy atom. The Hall–Kier alpha value is -1.20. The fourth-order valence-corrected chi connectivity index (χ4v) is 3.19. The molecule has 5 nitrogen and oxygen atoms in total. The molecule has 2 unspecified atom stereocenters.